The van der Waals surface area contributed by atoms with E-state index in [-0.39, 0.29) is 16.7 Å². The summed E-state index contributed by atoms with van der Waals surface area (Å²) in [6, 6.07) is 19.1. The smallest absolute Gasteiger partial charge is 0.301 e. The van der Waals surface area contributed by atoms with Crippen molar-refractivity contribution < 1.29 is 24.2 Å². The summed E-state index contributed by atoms with van der Waals surface area (Å²) in [7, 11) is 3.14. The Balaban J connectivity index is 1.69. The Bertz CT molecular complexity index is 1560. The second-order valence-electron chi connectivity index (χ2n) is 10.1. The fourth-order valence-corrected chi connectivity index (χ4v) is 5.56. The molecule has 5 rings (SSSR count). The number of anilines is 1. The summed E-state index contributed by atoms with van der Waals surface area (Å²) >= 11 is 1.29. The molecule has 1 fully saturated rings. The molecule has 1 aliphatic rings. The van der Waals surface area contributed by atoms with Gasteiger partial charge in [0, 0.05) is 5.56 Å². The van der Waals surface area contributed by atoms with E-state index in [1.165, 1.54) is 16.2 Å². The minimum atomic E-state index is -0.853. The molecule has 4 aromatic rings. The number of aromatic nitrogens is 1. The van der Waals surface area contributed by atoms with E-state index in [9.17, 15) is 14.7 Å². The average Bonchev–Trinajstić information content (AvgIpc) is 3.45. The van der Waals surface area contributed by atoms with Gasteiger partial charge >= 0.3 is 5.91 Å². The largest absolute Gasteiger partial charge is 0.507 e. The second kappa shape index (κ2) is 9.61. The molecule has 1 atom stereocenters. The predicted octanol–water partition coefficient (Wildman–Crippen LogP) is 6.24. The fourth-order valence-electron chi connectivity index (χ4n) is 4.54. The molecule has 1 saturated heterocycles. The van der Waals surface area contributed by atoms with Gasteiger partial charge < -0.3 is 14.6 Å². The lowest BCUT2D eigenvalue weighted by molar-refractivity contribution is -0.132. The molecule has 1 aliphatic heterocycles. The molecule has 38 heavy (non-hydrogen) atoms. The van der Waals surface area contributed by atoms with Gasteiger partial charge in [0.25, 0.3) is 5.78 Å². The highest BCUT2D eigenvalue weighted by molar-refractivity contribution is 7.22. The van der Waals surface area contributed by atoms with Crippen LogP contribution in [0.4, 0.5) is 5.13 Å². The Hall–Kier alpha value is -4.17. The van der Waals surface area contributed by atoms with E-state index in [2.05, 4.69) is 25.8 Å². The number of hydrogen-bond acceptors (Lipinski definition) is 7. The molecule has 0 spiro atoms. The lowest BCUT2D eigenvalue weighted by Gasteiger charge is -2.24. The highest BCUT2D eigenvalue weighted by Gasteiger charge is 2.48. The molecule has 2 heterocycles. The Morgan fingerprint density at radius 1 is 0.921 bits per heavy atom. The number of benzene rings is 3. The number of nitrogens with zero attached hydrogens (tertiary/aromatic N) is 2. The Labute approximate surface area is 225 Å². The number of ether oxygens (including phenoxy) is 2. The van der Waals surface area contributed by atoms with Gasteiger partial charge in [-0.15, -0.1) is 0 Å². The molecule has 1 N–H and O–H groups in total. The zero-order valence-corrected chi connectivity index (χ0v) is 22.6. The summed E-state index contributed by atoms with van der Waals surface area (Å²) in [6.07, 6.45) is 0. The normalized spacial score (nSPS) is 17.3. The van der Waals surface area contributed by atoms with Gasteiger partial charge in [-0.05, 0) is 59.0 Å². The average molecular weight is 529 g/mol. The number of rotatable bonds is 5. The number of amides is 1. The molecule has 0 aliphatic carbocycles. The van der Waals surface area contributed by atoms with Gasteiger partial charge in [0.2, 0.25) is 0 Å². The van der Waals surface area contributed by atoms with Gasteiger partial charge in [0.1, 0.15) is 17.3 Å². The molecule has 1 aromatic heterocycles. The van der Waals surface area contributed by atoms with E-state index in [0.29, 0.717) is 33.3 Å². The first kappa shape index (κ1) is 25.5. The van der Waals surface area contributed by atoms with Gasteiger partial charge in [0.15, 0.2) is 5.13 Å². The van der Waals surface area contributed by atoms with Crippen LogP contribution in [0, 0.1) is 0 Å². The van der Waals surface area contributed by atoms with Crippen LogP contribution in [0.1, 0.15) is 43.5 Å². The van der Waals surface area contributed by atoms with Crippen molar-refractivity contribution in [2.24, 2.45) is 0 Å². The quantitative estimate of drug-likeness (QED) is 0.187. The van der Waals surface area contributed by atoms with Crippen LogP contribution >= 0.6 is 11.3 Å². The molecule has 1 amide bonds. The monoisotopic (exact) mass is 528 g/mol. The van der Waals surface area contributed by atoms with E-state index in [0.717, 1.165) is 10.3 Å². The van der Waals surface area contributed by atoms with Crippen LogP contribution in [0.3, 0.4) is 0 Å². The van der Waals surface area contributed by atoms with E-state index in [1.54, 1.807) is 44.6 Å². The molecular weight excluding hydrogens is 500 g/mol. The molecule has 0 bridgehead atoms. The number of hydrogen-bond donors (Lipinski definition) is 1. The van der Waals surface area contributed by atoms with Crippen LogP contribution in [0.2, 0.25) is 0 Å². The van der Waals surface area contributed by atoms with Gasteiger partial charge in [-0.1, -0.05) is 56.4 Å². The Kier molecular flexibility index (Phi) is 6.44. The summed E-state index contributed by atoms with van der Waals surface area (Å²) in [5.41, 5.74) is 2.85. The van der Waals surface area contributed by atoms with Crippen molar-refractivity contribution in [2.75, 3.05) is 19.1 Å². The van der Waals surface area contributed by atoms with Crippen LogP contribution in [-0.2, 0) is 15.0 Å². The summed E-state index contributed by atoms with van der Waals surface area (Å²) in [6.45, 7) is 6.35. The van der Waals surface area contributed by atoms with E-state index >= 15 is 0 Å². The van der Waals surface area contributed by atoms with Gasteiger partial charge in [-0.2, -0.15) is 0 Å². The molecule has 3 aromatic carbocycles. The standard InChI is InChI=1S/C30H28N2O5S/c1-30(2,3)19-10-6-17(7-11-19)25-24(26(33)18-8-12-20(36-4)13-9-18)27(34)28(35)32(25)29-31-22-15-14-21(37-5)16-23(22)38-29/h6-16,25,33H,1-5H3/b26-24+. The van der Waals surface area contributed by atoms with Gasteiger partial charge in [-0.25, -0.2) is 4.98 Å². The first-order valence-corrected chi connectivity index (χ1v) is 12.9. The van der Waals surface area contributed by atoms with Crippen LogP contribution in [0.25, 0.3) is 16.0 Å². The first-order valence-electron chi connectivity index (χ1n) is 12.1. The number of methoxy groups -OCH3 is 2. The summed E-state index contributed by atoms with van der Waals surface area (Å²) in [5, 5.41) is 11.7. The zero-order chi connectivity index (χ0) is 27.2. The predicted molar refractivity (Wildman–Crippen MR) is 149 cm³/mol. The van der Waals surface area contributed by atoms with Crippen LogP contribution in [0.5, 0.6) is 11.5 Å². The molecule has 0 radical (unpaired) electrons. The molecule has 8 heteroatoms. The van der Waals surface area contributed by atoms with E-state index < -0.39 is 17.7 Å². The minimum absolute atomic E-state index is 0.0144. The summed E-state index contributed by atoms with van der Waals surface area (Å²) < 4.78 is 11.4. The maximum atomic E-state index is 13.5. The van der Waals surface area contributed by atoms with E-state index in [4.69, 9.17) is 9.47 Å². The van der Waals surface area contributed by atoms with Crippen molar-refractivity contribution in [3.8, 4) is 11.5 Å². The third-order valence-corrected chi connectivity index (χ3v) is 7.71. The third kappa shape index (κ3) is 4.41. The minimum Gasteiger partial charge on any atom is -0.507 e. The first-order chi connectivity index (χ1) is 18.1. The third-order valence-electron chi connectivity index (χ3n) is 6.69. The highest BCUT2D eigenvalue weighted by atomic mass is 32.1. The number of Topliss-reactive ketones (excluding diaryl/α,β-unsaturated/α-hetero) is 1. The van der Waals surface area contributed by atoms with Gasteiger partial charge in [-0.3, -0.25) is 14.5 Å². The lowest BCUT2D eigenvalue weighted by atomic mass is 9.85. The molecule has 7 nitrogen and oxygen atoms in total. The van der Waals surface area contributed by atoms with Crippen molar-refractivity contribution in [1.29, 1.82) is 0 Å². The maximum Gasteiger partial charge on any atom is 0.301 e. The molecule has 194 valence electrons. The van der Waals surface area contributed by atoms with E-state index in [1.807, 2.05) is 36.4 Å². The van der Waals surface area contributed by atoms with Crippen LogP contribution in [0.15, 0.2) is 72.3 Å². The summed E-state index contributed by atoms with van der Waals surface area (Å²) in [5.74, 6) is -0.470. The number of aliphatic hydroxyl groups excluding tert-OH is 1. The molecule has 1 unspecified atom stereocenters. The Morgan fingerprint density at radius 2 is 1.55 bits per heavy atom. The van der Waals surface area contributed by atoms with Crippen molar-refractivity contribution in [1.82, 2.24) is 4.98 Å². The maximum absolute atomic E-state index is 13.5. The van der Waals surface area contributed by atoms with Crippen LogP contribution in [-0.4, -0.2) is 36.0 Å². The van der Waals surface area contributed by atoms with Gasteiger partial charge in [0.05, 0.1) is 36.1 Å². The zero-order valence-electron chi connectivity index (χ0n) is 21.8. The van der Waals surface area contributed by atoms with Crippen molar-refractivity contribution in [3.05, 3.63) is 89.0 Å². The number of aliphatic hydroxyl groups is 1. The Morgan fingerprint density at radius 3 is 2.16 bits per heavy atom. The lowest BCUT2D eigenvalue weighted by Crippen LogP contribution is -2.29. The highest BCUT2D eigenvalue weighted by Crippen LogP contribution is 2.45. The second-order valence-corrected chi connectivity index (χ2v) is 11.1. The van der Waals surface area contributed by atoms with Crippen molar-refractivity contribution in [3.63, 3.8) is 0 Å². The van der Waals surface area contributed by atoms with Crippen LogP contribution < -0.4 is 14.4 Å². The number of carbonyl (C=O) groups is 2. The number of carbonyl (C=O) groups excluding carboxylic acids is 2. The molecule has 0 saturated carbocycles. The van der Waals surface area contributed by atoms with Crippen molar-refractivity contribution in [2.45, 2.75) is 32.2 Å². The number of fused-ring (bicyclic) bond motifs is 1. The number of thiazole rings is 1. The topological polar surface area (TPSA) is 89.0 Å². The number of ketones is 1. The summed E-state index contributed by atoms with van der Waals surface area (Å²) in [4.78, 5) is 33.1. The van der Waals surface area contributed by atoms with Crippen molar-refractivity contribution >= 4 is 44.1 Å². The molecular formula is C30H28N2O5S. The fraction of sp³-hybridized carbons (Fsp3) is 0.233. The SMILES string of the molecule is COc1ccc(/C(O)=C2\C(=O)C(=O)N(c3nc4ccc(OC)cc4s3)C2c2ccc(C(C)(C)C)cc2)cc1.